The van der Waals surface area contributed by atoms with Crippen LogP contribution in [0, 0.1) is 0 Å². The quantitative estimate of drug-likeness (QED) is 0.192. The van der Waals surface area contributed by atoms with E-state index in [2.05, 4.69) is 31.5 Å². The number of carbonyl (C=O) groups is 1. The number of nitrogens with one attached hydrogen (secondary N) is 2. The van der Waals surface area contributed by atoms with Crippen molar-refractivity contribution < 1.29 is 17.9 Å². The molecule has 2 N–H and O–H groups in total. The van der Waals surface area contributed by atoms with Gasteiger partial charge in [0, 0.05) is 11.1 Å². The monoisotopic (exact) mass is 643 g/mol. The van der Waals surface area contributed by atoms with Crippen LogP contribution in [-0.2, 0) is 23.5 Å². The number of fused-ring (bicyclic) bond motifs is 2. The van der Waals surface area contributed by atoms with Gasteiger partial charge in [-0.05, 0) is 95.8 Å². The number of benzene rings is 4. The van der Waals surface area contributed by atoms with Crippen LogP contribution in [0.1, 0.15) is 40.0 Å². The Labute approximate surface area is 271 Å². The molecule has 7 rings (SSSR count). The summed E-state index contributed by atoms with van der Waals surface area (Å²) in [5.41, 5.74) is 5.25. The zero-order valence-corrected chi connectivity index (χ0v) is 26.1. The number of sulfonamides is 1. The van der Waals surface area contributed by atoms with Crippen LogP contribution in [0.4, 0.5) is 11.6 Å². The number of rotatable bonds is 8. The second-order valence-electron chi connectivity index (χ2n) is 11.0. The third-order valence-corrected chi connectivity index (χ3v) is 9.06. The van der Waals surface area contributed by atoms with E-state index >= 15 is 0 Å². The van der Waals surface area contributed by atoms with Crippen molar-refractivity contribution in [3.8, 4) is 11.5 Å². The van der Waals surface area contributed by atoms with Crippen molar-refractivity contribution in [1.82, 2.24) is 25.2 Å². The third-order valence-electron chi connectivity index (χ3n) is 7.73. The van der Waals surface area contributed by atoms with E-state index in [1.54, 1.807) is 12.1 Å². The lowest BCUT2D eigenvalue weighted by Gasteiger charge is -2.23. The zero-order chi connectivity index (χ0) is 32.4. The lowest BCUT2D eigenvalue weighted by molar-refractivity contribution is 0.102. The van der Waals surface area contributed by atoms with E-state index in [1.807, 2.05) is 78.9 Å². The number of anilines is 2. The lowest BCUT2D eigenvalue weighted by Crippen LogP contribution is -2.19. The van der Waals surface area contributed by atoms with Crippen LogP contribution in [-0.4, -0.2) is 39.5 Å². The predicted molar refractivity (Wildman–Crippen MR) is 180 cm³/mol. The lowest BCUT2D eigenvalue weighted by atomic mass is 9.85. The first-order valence-corrected chi connectivity index (χ1v) is 16.4. The molecule has 0 radical (unpaired) electrons. The summed E-state index contributed by atoms with van der Waals surface area (Å²) in [6.07, 6.45) is 4.46. The second-order valence-corrected chi connectivity index (χ2v) is 12.7. The van der Waals surface area contributed by atoms with Crippen molar-refractivity contribution in [3.63, 3.8) is 0 Å². The highest BCUT2D eigenvalue weighted by Crippen LogP contribution is 2.37. The van der Waals surface area contributed by atoms with Gasteiger partial charge in [-0.3, -0.25) is 4.79 Å². The van der Waals surface area contributed by atoms with E-state index < -0.39 is 10.0 Å². The standard InChI is InChI=1S/C35H29N7O4S/c1-42-39-35(38-41-42)40-47(44,45)28-13-8-10-25(22-28)36-34(43)32-29-14-5-6-16-31(29)37-33-24(9-7-15-30(32)33)21-23-17-19-27(20-18-23)46-26-11-3-2-4-12-26/h2-6,8,10-14,16-22H,7,9,15H2,1H3,(H,36,43)(H,39,40)/b24-21-. The molecule has 0 saturated heterocycles. The first kappa shape index (κ1) is 29.8. The van der Waals surface area contributed by atoms with Gasteiger partial charge in [0.2, 0.25) is 0 Å². The van der Waals surface area contributed by atoms with Gasteiger partial charge >= 0.3 is 0 Å². The Morgan fingerprint density at radius 2 is 1.66 bits per heavy atom. The summed E-state index contributed by atoms with van der Waals surface area (Å²) >= 11 is 0. The topological polar surface area (TPSA) is 141 Å². The summed E-state index contributed by atoms with van der Waals surface area (Å²) in [6.45, 7) is 0. The molecule has 234 valence electrons. The maximum atomic E-state index is 14.0. The smallest absolute Gasteiger partial charge is 0.277 e. The molecule has 0 spiro atoms. The van der Waals surface area contributed by atoms with E-state index in [0.29, 0.717) is 23.2 Å². The molecule has 2 aromatic heterocycles. The molecular formula is C35H29N7O4S. The predicted octanol–water partition coefficient (Wildman–Crippen LogP) is 6.48. The maximum Gasteiger partial charge on any atom is 0.277 e. The van der Waals surface area contributed by atoms with Crippen LogP contribution in [0.5, 0.6) is 11.5 Å². The average molecular weight is 644 g/mol. The minimum Gasteiger partial charge on any atom is -0.457 e. The summed E-state index contributed by atoms with van der Waals surface area (Å²) in [6, 6.07) is 31.1. The summed E-state index contributed by atoms with van der Waals surface area (Å²) in [5.74, 6) is 1.01. The zero-order valence-electron chi connectivity index (χ0n) is 25.3. The van der Waals surface area contributed by atoms with E-state index in [9.17, 15) is 13.2 Å². The molecule has 12 heteroatoms. The van der Waals surface area contributed by atoms with Gasteiger partial charge in [-0.1, -0.05) is 59.7 Å². The van der Waals surface area contributed by atoms with Gasteiger partial charge in [0.15, 0.2) is 0 Å². The minimum absolute atomic E-state index is 0.0604. The van der Waals surface area contributed by atoms with Crippen molar-refractivity contribution in [2.24, 2.45) is 7.05 Å². The molecule has 1 aliphatic rings. The Morgan fingerprint density at radius 3 is 2.45 bits per heavy atom. The Morgan fingerprint density at radius 1 is 0.894 bits per heavy atom. The van der Waals surface area contributed by atoms with Crippen molar-refractivity contribution in [3.05, 3.63) is 126 Å². The first-order chi connectivity index (χ1) is 22.8. The molecule has 11 nitrogen and oxygen atoms in total. The molecule has 0 saturated carbocycles. The number of hydrogen-bond donors (Lipinski definition) is 2. The highest BCUT2D eigenvalue weighted by Gasteiger charge is 2.26. The second kappa shape index (κ2) is 12.5. The van der Waals surface area contributed by atoms with Gasteiger partial charge in [0.25, 0.3) is 21.9 Å². The van der Waals surface area contributed by atoms with Gasteiger partial charge in [0.1, 0.15) is 11.5 Å². The Kier molecular flexibility index (Phi) is 7.92. The molecule has 2 heterocycles. The number of carbonyl (C=O) groups excluding carboxylic acids is 1. The number of aromatic nitrogens is 5. The number of pyridine rings is 1. The fourth-order valence-corrected chi connectivity index (χ4v) is 6.61. The summed E-state index contributed by atoms with van der Waals surface area (Å²) in [5, 5.41) is 14.9. The van der Waals surface area contributed by atoms with Crippen LogP contribution in [0.25, 0.3) is 22.6 Å². The number of allylic oxidation sites excluding steroid dienone is 1. The summed E-state index contributed by atoms with van der Waals surface area (Å²) in [4.78, 5) is 20.1. The van der Waals surface area contributed by atoms with Crippen molar-refractivity contribution >= 4 is 50.1 Å². The number of hydrogen-bond acceptors (Lipinski definition) is 8. The van der Waals surface area contributed by atoms with Crippen LogP contribution in [0.3, 0.4) is 0 Å². The Bertz CT molecular complexity index is 2250. The largest absolute Gasteiger partial charge is 0.457 e. The van der Waals surface area contributed by atoms with Crippen LogP contribution >= 0.6 is 0 Å². The van der Waals surface area contributed by atoms with Crippen LogP contribution in [0.2, 0.25) is 0 Å². The molecule has 6 aromatic rings. The SMILES string of the molecule is Cn1nnc(NS(=O)(=O)c2cccc(NC(=O)c3c4c(nc5ccccc35)/C(=C\c3ccc(Oc5ccccc5)cc3)CCC4)c2)n1. The van der Waals surface area contributed by atoms with Gasteiger partial charge in [-0.2, -0.15) is 4.80 Å². The van der Waals surface area contributed by atoms with E-state index in [4.69, 9.17) is 9.72 Å². The molecule has 0 aliphatic heterocycles. The fraction of sp³-hybridized carbons (Fsp3) is 0.114. The van der Waals surface area contributed by atoms with E-state index in [1.165, 1.54) is 19.2 Å². The summed E-state index contributed by atoms with van der Waals surface area (Å²) < 4.78 is 34.3. The van der Waals surface area contributed by atoms with Crippen molar-refractivity contribution in [2.45, 2.75) is 24.2 Å². The number of nitrogens with zero attached hydrogens (tertiary/aromatic N) is 5. The molecule has 0 fully saturated rings. The van der Waals surface area contributed by atoms with Gasteiger partial charge in [-0.25, -0.2) is 18.1 Å². The van der Waals surface area contributed by atoms with Gasteiger partial charge in [0.05, 0.1) is 28.7 Å². The van der Waals surface area contributed by atoms with Gasteiger partial charge in [-0.15, -0.1) is 5.10 Å². The number of ether oxygens (including phenoxy) is 1. The summed E-state index contributed by atoms with van der Waals surface area (Å²) in [7, 11) is -2.50. The van der Waals surface area contributed by atoms with E-state index in [0.717, 1.165) is 56.9 Å². The molecule has 1 aliphatic carbocycles. The number of amides is 1. The maximum absolute atomic E-state index is 14.0. The number of tetrazole rings is 1. The molecule has 4 aromatic carbocycles. The molecule has 47 heavy (non-hydrogen) atoms. The molecule has 0 unspecified atom stereocenters. The molecule has 0 atom stereocenters. The van der Waals surface area contributed by atoms with Crippen molar-refractivity contribution in [1.29, 1.82) is 0 Å². The Balaban J connectivity index is 1.19. The normalized spacial score (nSPS) is 13.7. The molecule has 1 amide bonds. The Hall–Kier alpha value is -5.88. The fourth-order valence-electron chi connectivity index (χ4n) is 5.63. The number of aryl methyl sites for hydroxylation is 1. The van der Waals surface area contributed by atoms with Crippen LogP contribution < -0.4 is 14.8 Å². The first-order valence-electron chi connectivity index (χ1n) is 15.0. The van der Waals surface area contributed by atoms with E-state index in [-0.39, 0.29) is 16.8 Å². The van der Waals surface area contributed by atoms with Crippen LogP contribution in [0.15, 0.2) is 108 Å². The van der Waals surface area contributed by atoms with Gasteiger partial charge < -0.3 is 10.1 Å². The molecule has 0 bridgehead atoms. The average Bonchev–Trinajstić information content (AvgIpc) is 3.48. The highest BCUT2D eigenvalue weighted by molar-refractivity contribution is 7.92. The third kappa shape index (κ3) is 6.44. The minimum atomic E-state index is -4.03. The number of para-hydroxylation sites is 2. The van der Waals surface area contributed by atoms with Crippen molar-refractivity contribution in [2.75, 3.05) is 10.0 Å². The highest BCUT2D eigenvalue weighted by atomic mass is 32.2. The molecular weight excluding hydrogens is 614 g/mol.